The minimum absolute atomic E-state index is 0.116. The highest BCUT2D eigenvalue weighted by Gasteiger charge is 2.24. The van der Waals surface area contributed by atoms with E-state index in [9.17, 15) is 4.79 Å². The van der Waals surface area contributed by atoms with E-state index in [1.54, 1.807) is 0 Å². The highest BCUT2D eigenvalue weighted by molar-refractivity contribution is 6.06. The molecule has 0 aliphatic heterocycles. The van der Waals surface area contributed by atoms with Crippen molar-refractivity contribution in [3.05, 3.63) is 30.1 Å². The smallest absolute Gasteiger partial charge is 0.207 e. The Kier molecular flexibility index (Phi) is 6.69. The molecule has 156 valence electrons. The minimum Gasteiger partial charge on any atom is -0.382 e. The number of para-hydroxylation sites is 1. The average Bonchev–Trinajstić information content (AvgIpc) is 3.05. The number of hydrogen-bond donors (Lipinski definition) is 2. The summed E-state index contributed by atoms with van der Waals surface area (Å²) >= 11 is 0. The summed E-state index contributed by atoms with van der Waals surface area (Å²) in [5.41, 5.74) is 8.87. The maximum absolute atomic E-state index is 10.4. The summed E-state index contributed by atoms with van der Waals surface area (Å²) in [5, 5.41) is 3.69. The number of benzene rings is 1. The topological polar surface area (TPSA) is 95.1 Å². The first kappa shape index (κ1) is 21.0. The van der Waals surface area contributed by atoms with Gasteiger partial charge in [0.15, 0.2) is 5.82 Å². The number of nitrogen functional groups attached to an aromatic ring is 1. The van der Waals surface area contributed by atoms with Gasteiger partial charge in [-0.15, -0.1) is 0 Å². The Balaban J connectivity index is 1.98. The molecule has 2 aromatic heterocycles. The lowest BCUT2D eigenvalue weighted by molar-refractivity contribution is -0.109. The highest BCUT2D eigenvalue weighted by atomic mass is 16.5. The third kappa shape index (κ3) is 4.85. The number of imidazole rings is 1. The zero-order valence-electron chi connectivity index (χ0n) is 17.6. The average molecular weight is 398 g/mol. The Hall–Kier alpha value is -2.67. The molecule has 1 amide bonds. The van der Waals surface area contributed by atoms with Crippen LogP contribution in [0, 0.1) is 5.41 Å². The molecule has 2 heterocycles. The fourth-order valence-electron chi connectivity index (χ4n) is 3.61. The second-order valence-corrected chi connectivity index (χ2v) is 8.22. The molecule has 0 saturated carbocycles. The normalized spacial score (nSPS) is 12.0. The molecule has 0 atom stereocenters. The van der Waals surface area contributed by atoms with Gasteiger partial charge in [-0.3, -0.25) is 4.79 Å². The Morgan fingerprint density at radius 2 is 2.07 bits per heavy atom. The number of hydrogen-bond acceptors (Lipinski definition) is 5. The number of nitrogens with one attached hydrogen (secondary N) is 1. The van der Waals surface area contributed by atoms with Crippen molar-refractivity contribution in [1.82, 2.24) is 19.9 Å². The first-order valence-electron chi connectivity index (χ1n) is 10.2. The van der Waals surface area contributed by atoms with Crippen LogP contribution in [0.4, 0.5) is 5.82 Å². The minimum atomic E-state index is -0.116. The summed E-state index contributed by atoms with van der Waals surface area (Å²) in [4.78, 5) is 19.8. The molecule has 7 heteroatoms. The number of unbranched alkanes of at least 4 members (excludes halogenated alkanes) is 1. The van der Waals surface area contributed by atoms with Gasteiger partial charge in [0.05, 0.1) is 24.2 Å². The van der Waals surface area contributed by atoms with Gasteiger partial charge in [-0.25, -0.2) is 9.97 Å². The van der Waals surface area contributed by atoms with Crippen LogP contribution in [0.15, 0.2) is 24.3 Å². The van der Waals surface area contributed by atoms with E-state index in [0.29, 0.717) is 32.0 Å². The van der Waals surface area contributed by atoms with Crippen LogP contribution in [-0.4, -0.2) is 40.7 Å². The number of aromatic nitrogens is 3. The van der Waals surface area contributed by atoms with Crippen molar-refractivity contribution in [2.45, 2.75) is 46.6 Å². The van der Waals surface area contributed by atoms with Crippen LogP contribution in [0.25, 0.3) is 21.9 Å². The predicted octanol–water partition coefficient (Wildman–Crippen LogP) is 3.30. The molecule has 0 saturated heterocycles. The second-order valence-electron chi connectivity index (χ2n) is 8.22. The number of aryl methyl sites for hydroxylation is 1. The van der Waals surface area contributed by atoms with Gasteiger partial charge in [-0.2, -0.15) is 0 Å². The first-order chi connectivity index (χ1) is 14.0. The summed E-state index contributed by atoms with van der Waals surface area (Å²) in [5.74, 6) is 1.52. The number of nitrogens with zero attached hydrogens (tertiary/aromatic N) is 3. The van der Waals surface area contributed by atoms with E-state index in [1.165, 1.54) is 0 Å². The van der Waals surface area contributed by atoms with Gasteiger partial charge in [-0.1, -0.05) is 45.4 Å². The Bertz CT molecular complexity index is 980. The van der Waals surface area contributed by atoms with Crippen LogP contribution in [0.3, 0.4) is 0 Å². The fourth-order valence-corrected chi connectivity index (χ4v) is 3.61. The molecule has 0 fully saturated rings. The van der Waals surface area contributed by atoms with Gasteiger partial charge < -0.3 is 20.4 Å². The summed E-state index contributed by atoms with van der Waals surface area (Å²) in [6.45, 7) is 8.90. The van der Waals surface area contributed by atoms with E-state index in [0.717, 1.165) is 53.6 Å². The van der Waals surface area contributed by atoms with E-state index >= 15 is 0 Å². The quantitative estimate of drug-likeness (QED) is 0.382. The highest BCUT2D eigenvalue weighted by Crippen LogP contribution is 2.32. The molecule has 3 aromatic rings. The fraction of sp³-hybridized carbons (Fsp3) is 0.500. The van der Waals surface area contributed by atoms with Crippen LogP contribution in [0.5, 0.6) is 0 Å². The van der Waals surface area contributed by atoms with Gasteiger partial charge in [0, 0.05) is 30.3 Å². The molecule has 29 heavy (non-hydrogen) atoms. The number of ether oxygens (including phenoxy) is 1. The van der Waals surface area contributed by atoms with Gasteiger partial charge in [0.25, 0.3) is 0 Å². The summed E-state index contributed by atoms with van der Waals surface area (Å²) in [6.07, 6.45) is 3.77. The maximum Gasteiger partial charge on any atom is 0.207 e. The molecule has 1 aromatic carbocycles. The SMILES string of the molecule is CCCCc1nc2c(N)nc3ccccc3c2n1CC(C)(C)COCCNC=O. The Labute approximate surface area is 171 Å². The maximum atomic E-state index is 10.4. The molecule has 7 nitrogen and oxygen atoms in total. The molecule has 0 aliphatic carbocycles. The van der Waals surface area contributed by atoms with Crippen molar-refractivity contribution < 1.29 is 9.53 Å². The molecule has 0 unspecified atom stereocenters. The molecule has 0 radical (unpaired) electrons. The number of fused-ring (bicyclic) bond motifs is 3. The van der Waals surface area contributed by atoms with Crippen molar-refractivity contribution in [2.24, 2.45) is 5.41 Å². The molecule has 3 rings (SSSR count). The Morgan fingerprint density at radius 3 is 2.83 bits per heavy atom. The van der Waals surface area contributed by atoms with Crippen molar-refractivity contribution >= 4 is 34.2 Å². The van der Waals surface area contributed by atoms with E-state index in [4.69, 9.17) is 15.5 Å². The van der Waals surface area contributed by atoms with Crippen LogP contribution in [0.2, 0.25) is 0 Å². The van der Waals surface area contributed by atoms with Crippen LogP contribution in [-0.2, 0) is 22.5 Å². The van der Waals surface area contributed by atoms with Crippen molar-refractivity contribution in [1.29, 1.82) is 0 Å². The zero-order chi connectivity index (χ0) is 20.9. The van der Waals surface area contributed by atoms with Crippen molar-refractivity contribution in [3.8, 4) is 0 Å². The molecule has 0 aliphatic rings. The zero-order valence-corrected chi connectivity index (χ0v) is 17.6. The number of rotatable bonds is 11. The lowest BCUT2D eigenvalue weighted by Gasteiger charge is -2.26. The van der Waals surface area contributed by atoms with Crippen LogP contribution in [0.1, 0.15) is 39.4 Å². The summed E-state index contributed by atoms with van der Waals surface area (Å²) in [7, 11) is 0. The van der Waals surface area contributed by atoms with Crippen LogP contribution >= 0.6 is 0 Å². The van der Waals surface area contributed by atoms with Gasteiger partial charge in [0.1, 0.15) is 11.3 Å². The molecule has 3 N–H and O–H groups in total. The van der Waals surface area contributed by atoms with Crippen molar-refractivity contribution in [3.63, 3.8) is 0 Å². The van der Waals surface area contributed by atoms with Gasteiger partial charge in [0.2, 0.25) is 6.41 Å². The molecular formula is C22H31N5O2. The van der Waals surface area contributed by atoms with Crippen molar-refractivity contribution in [2.75, 3.05) is 25.5 Å². The predicted molar refractivity (Wildman–Crippen MR) is 117 cm³/mol. The number of carbonyl (C=O) groups excluding carboxylic acids is 1. The van der Waals surface area contributed by atoms with E-state index < -0.39 is 0 Å². The summed E-state index contributed by atoms with van der Waals surface area (Å²) in [6, 6.07) is 8.07. The van der Waals surface area contributed by atoms with E-state index in [1.807, 2.05) is 18.2 Å². The molecule has 0 bridgehead atoms. The standard InChI is InChI=1S/C22H31N5O2/c1-4-5-10-18-26-19-20(16-8-6-7-9-17(16)25-21(19)23)27(18)13-22(2,3)14-29-12-11-24-15-28/h6-9,15H,4-5,10-14H2,1-3H3,(H2,23,25)(H,24,28). The summed E-state index contributed by atoms with van der Waals surface area (Å²) < 4.78 is 8.11. The van der Waals surface area contributed by atoms with Gasteiger partial charge in [-0.05, 0) is 12.5 Å². The number of amides is 1. The second kappa shape index (κ2) is 9.22. The number of anilines is 1. The molecule has 0 spiro atoms. The lowest BCUT2D eigenvalue weighted by Crippen LogP contribution is -2.28. The number of carbonyl (C=O) groups is 1. The van der Waals surface area contributed by atoms with E-state index in [-0.39, 0.29) is 5.41 Å². The van der Waals surface area contributed by atoms with E-state index in [2.05, 4.69) is 41.7 Å². The van der Waals surface area contributed by atoms with Gasteiger partial charge >= 0.3 is 0 Å². The first-order valence-corrected chi connectivity index (χ1v) is 10.2. The molecular weight excluding hydrogens is 366 g/mol. The number of pyridine rings is 1. The third-order valence-electron chi connectivity index (χ3n) is 5.00. The third-order valence-corrected chi connectivity index (χ3v) is 5.00. The van der Waals surface area contributed by atoms with Crippen LogP contribution < -0.4 is 11.1 Å². The monoisotopic (exact) mass is 397 g/mol. The lowest BCUT2D eigenvalue weighted by atomic mass is 9.94. The number of nitrogens with two attached hydrogens (primary N) is 1. The largest absolute Gasteiger partial charge is 0.382 e. The Morgan fingerprint density at radius 1 is 1.28 bits per heavy atom.